The molecule has 1 N–H and O–H groups in total. The predicted octanol–water partition coefficient (Wildman–Crippen LogP) is 2.48. The molecule has 4 heteroatoms. The van der Waals surface area contributed by atoms with Crippen molar-refractivity contribution in [2.75, 3.05) is 26.7 Å². The van der Waals surface area contributed by atoms with Crippen molar-refractivity contribution in [1.82, 2.24) is 10.2 Å². The fourth-order valence-corrected chi connectivity index (χ4v) is 2.78. The lowest BCUT2D eigenvalue weighted by atomic mass is 10.0. The molecule has 1 amide bonds. The van der Waals surface area contributed by atoms with Crippen molar-refractivity contribution < 1.29 is 9.53 Å². The number of piperazine rings is 1. The summed E-state index contributed by atoms with van der Waals surface area (Å²) >= 11 is 0. The summed E-state index contributed by atoms with van der Waals surface area (Å²) in [5.41, 5.74) is 1.89. The molecule has 0 spiro atoms. The van der Waals surface area contributed by atoms with Crippen LogP contribution in [0.3, 0.4) is 0 Å². The number of hydrogen-bond acceptors (Lipinski definition) is 3. The molecule has 1 aliphatic rings. The van der Waals surface area contributed by atoms with E-state index in [2.05, 4.69) is 17.4 Å². The SMILES string of the molecule is COc1cccc(C(=O)N2CCNC(c3ccccc3)C2)c1. The Morgan fingerprint density at radius 2 is 2.00 bits per heavy atom. The van der Waals surface area contributed by atoms with Gasteiger partial charge in [0, 0.05) is 31.2 Å². The number of ether oxygens (including phenoxy) is 1. The molecule has 2 aromatic carbocycles. The van der Waals surface area contributed by atoms with Gasteiger partial charge in [-0.1, -0.05) is 36.4 Å². The molecule has 0 aromatic heterocycles. The minimum Gasteiger partial charge on any atom is -0.497 e. The average molecular weight is 296 g/mol. The molecule has 0 bridgehead atoms. The molecule has 22 heavy (non-hydrogen) atoms. The summed E-state index contributed by atoms with van der Waals surface area (Å²) < 4.78 is 5.20. The van der Waals surface area contributed by atoms with Gasteiger partial charge < -0.3 is 15.0 Å². The summed E-state index contributed by atoms with van der Waals surface area (Å²) in [6.45, 7) is 2.20. The molecule has 1 unspecified atom stereocenters. The Hall–Kier alpha value is -2.33. The quantitative estimate of drug-likeness (QED) is 0.946. The second kappa shape index (κ2) is 6.62. The number of rotatable bonds is 3. The number of carbonyl (C=O) groups excluding carboxylic acids is 1. The summed E-state index contributed by atoms with van der Waals surface area (Å²) in [7, 11) is 1.61. The lowest BCUT2D eigenvalue weighted by molar-refractivity contribution is 0.0702. The van der Waals surface area contributed by atoms with Crippen molar-refractivity contribution in [3.63, 3.8) is 0 Å². The molecule has 1 fully saturated rings. The molecular formula is C18H20N2O2. The summed E-state index contributed by atoms with van der Waals surface area (Å²) in [5, 5.41) is 3.48. The van der Waals surface area contributed by atoms with Crippen molar-refractivity contribution in [1.29, 1.82) is 0 Å². The third-order valence-electron chi connectivity index (χ3n) is 3.98. The number of amides is 1. The molecule has 4 nitrogen and oxygen atoms in total. The Labute approximate surface area is 130 Å². The van der Waals surface area contributed by atoms with Crippen LogP contribution in [0.4, 0.5) is 0 Å². The van der Waals surface area contributed by atoms with Crippen LogP contribution in [0.2, 0.25) is 0 Å². The lowest BCUT2D eigenvalue weighted by Crippen LogP contribution is -2.48. The molecule has 1 saturated heterocycles. The van der Waals surface area contributed by atoms with Gasteiger partial charge in [-0.3, -0.25) is 4.79 Å². The van der Waals surface area contributed by atoms with Gasteiger partial charge in [0.25, 0.3) is 5.91 Å². The maximum Gasteiger partial charge on any atom is 0.254 e. The molecule has 1 heterocycles. The van der Waals surface area contributed by atoms with Gasteiger partial charge in [0.15, 0.2) is 0 Å². The summed E-state index contributed by atoms with van der Waals surface area (Å²) in [4.78, 5) is 14.6. The van der Waals surface area contributed by atoms with E-state index in [1.165, 1.54) is 5.56 Å². The van der Waals surface area contributed by atoms with E-state index < -0.39 is 0 Å². The van der Waals surface area contributed by atoms with Gasteiger partial charge in [0.1, 0.15) is 5.75 Å². The Morgan fingerprint density at radius 1 is 1.18 bits per heavy atom. The summed E-state index contributed by atoms with van der Waals surface area (Å²) in [6.07, 6.45) is 0. The van der Waals surface area contributed by atoms with Gasteiger partial charge in [-0.25, -0.2) is 0 Å². The Bertz CT molecular complexity index is 643. The third kappa shape index (κ3) is 3.12. The van der Waals surface area contributed by atoms with E-state index in [1.807, 2.05) is 41.3 Å². The van der Waals surface area contributed by atoms with Crippen molar-refractivity contribution in [2.24, 2.45) is 0 Å². The fraction of sp³-hybridized carbons (Fsp3) is 0.278. The lowest BCUT2D eigenvalue weighted by Gasteiger charge is -2.34. The van der Waals surface area contributed by atoms with E-state index in [1.54, 1.807) is 13.2 Å². The highest BCUT2D eigenvalue weighted by Crippen LogP contribution is 2.20. The Kier molecular flexibility index (Phi) is 4.39. The second-order valence-electron chi connectivity index (χ2n) is 5.40. The second-order valence-corrected chi connectivity index (χ2v) is 5.40. The van der Waals surface area contributed by atoms with Crippen LogP contribution in [0.25, 0.3) is 0 Å². The maximum atomic E-state index is 12.7. The highest BCUT2D eigenvalue weighted by Gasteiger charge is 2.25. The van der Waals surface area contributed by atoms with Gasteiger partial charge >= 0.3 is 0 Å². The van der Waals surface area contributed by atoms with Crippen molar-refractivity contribution in [3.8, 4) is 5.75 Å². The molecule has 1 aliphatic heterocycles. The monoisotopic (exact) mass is 296 g/mol. The van der Waals surface area contributed by atoms with E-state index in [0.717, 1.165) is 13.1 Å². The molecule has 2 aromatic rings. The minimum absolute atomic E-state index is 0.0568. The zero-order valence-corrected chi connectivity index (χ0v) is 12.7. The molecule has 0 radical (unpaired) electrons. The van der Waals surface area contributed by atoms with Crippen LogP contribution in [-0.2, 0) is 0 Å². The number of nitrogens with one attached hydrogen (secondary N) is 1. The Morgan fingerprint density at radius 3 is 2.77 bits per heavy atom. The van der Waals surface area contributed by atoms with E-state index >= 15 is 0 Å². The van der Waals surface area contributed by atoms with E-state index in [-0.39, 0.29) is 11.9 Å². The smallest absolute Gasteiger partial charge is 0.254 e. The van der Waals surface area contributed by atoms with Crippen LogP contribution >= 0.6 is 0 Å². The van der Waals surface area contributed by atoms with E-state index in [0.29, 0.717) is 17.9 Å². The van der Waals surface area contributed by atoms with Crippen LogP contribution < -0.4 is 10.1 Å². The van der Waals surface area contributed by atoms with Crippen molar-refractivity contribution in [3.05, 3.63) is 65.7 Å². The van der Waals surface area contributed by atoms with E-state index in [9.17, 15) is 4.79 Å². The normalized spacial score (nSPS) is 18.0. The van der Waals surface area contributed by atoms with Gasteiger partial charge in [-0.05, 0) is 23.8 Å². The van der Waals surface area contributed by atoms with Gasteiger partial charge in [-0.2, -0.15) is 0 Å². The fourth-order valence-electron chi connectivity index (χ4n) is 2.78. The highest BCUT2D eigenvalue weighted by molar-refractivity contribution is 5.94. The zero-order chi connectivity index (χ0) is 15.4. The number of benzene rings is 2. The molecular weight excluding hydrogens is 276 g/mol. The molecule has 114 valence electrons. The first-order valence-corrected chi connectivity index (χ1v) is 7.49. The number of hydrogen-bond donors (Lipinski definition) is 1. The number of methoxy groups -OCH3 is 1. The first kappa shape index (κ1) is 14.6. The first-order chi connectivity index (χ1) is 10.8. The van der Waals surface area contributed by atoms with Gasteiger partial charge in [0.2, 0.25) is 0 Å². The molecule has 3 rings (SSSR count). The topological polar surface area (TPSA) is 41.6 Å². The number of nitrogens with zero attached hydrogens (tertiary/aromatic N) is 1. The van der Waals surface area contributed by atoms with Crippen LogP contribution in [-0.4, -0.2) is 37.6 Å². The standard InChI is InChI=1S/C18H20N2O2/c1-22-16-9-5-8-15(12-16)18(21)20-11-10-19-17(13-20)14-6-3-2-4-7-14/h2-9,12,17,19H,10-11,13H2,1H3. The van der Waals surface area contributed by atoms with Crippen LogP contribution in [0, 0.1) is 0 Å². The Balaban J connectivity index is 1.75. The summed E-state index contributed by atoms with van der Waals surface area (Å²) in [6, 6.07) is 17.8. The molecule has 0 aliphatic carbocycles. The largest absolute Gasteiger partial charge is 0.497 e. The van der Waals surface area contributed by atoms with E-state index in [4.69, 9.17) is 4.74 Å². The maximum absolute atomic E-state index is 12.7. The van der Waals surface area contributed by atoms with Crippen molar-refractivity contribution in [2.45, 2.75) is 6.04 Å². The van der Waals surface area contributed by atoms with Crippen LogP contribution in [0.1, 0.15) is 22.0 Å². The van der Waals surface area contributed by atoms with Crippen LogP contribution in [0.15, 0.2) is 54.6 Å². The average Bonchev–Trinajstić information content (AvgIpc) is 2.62. The summed E-state index contributed by atoms with van der Waals surface area (Å²) in [5.74, 6) is 0.766. The number of carbonyl (C=O) groups is 1. The zero-order valence-electron chi connectivity index (χ0n) is 12.7. The third-order valence-corrected chi connectivity index (χ3v) is 3.98. The highest BCUT2D eigenvalue weighted by atomic mass is 16.5. The van der Waals surface area contributed by atoms with Crippen LogP contribution in [0.5, 0.6) is 5.75 Å². The minimum atomic E-state index is 0.0568. The molecule has 0 saturated carbocycles. The first-order valence-electron chi connectivity index (χ1n) is 7.49. The molecule has 1 atom stereocenters. The van der Waals surface area contributed by atoms with Crippen molar-refractivity contribution >= 4 is 5.91 Å². The van der Waals surface area contributed by atoms with Gasteiger partial charge in [0.05, 0.1) is 7.11 Å². The predicted molar refractivity (Wildman–Crippen MR) is 86.1 cm³/mol. The van der Waals surface area contributed by atoms with Gasteiger partial charge in [-0.15, -0.1) is 0 Å².